The predicted molar refractivity (Wildman–Crippen MR) is 87.6 cm³/mol. The molecule has 120 valence electrons. The molecule has 2 atom stereocenters. The second-order valence-corrected chi connectivity index (χ2v) is 6.59. The predicted octanol–water partition coefficient (Wildman–Crippen LogP) is 2.33. The quantitative estimate of drug-likeness (QED) is 0.690. The Balaban J connectivity index is 1.61. The molecular weight excluding hydrogens is 302 g/mol. The Kier molecular flexibility index (Phi) is 2.77. The van der Waals surface area contributed by atoms with Gasteiger partial charge < -0.3 is 4.90 Å². The summed E-state index contributed by atoms with van der Waals surface area (Å²) in [5.41, 5.74) is 4.70. The van der Waals surface area contributed by atoms with Crippen LogP contribution in [0.5, 0.6) is 0 Å². The van der Waals surface area contributed by atoms with Gasteiger partial charge in [0, 0.05) is 36.5 Å². The van der Waals surface area contributed by atoms with Crippen molar-refractivity contribution in [2.75, 3.05) is 0 Å². The molecule has 1 fully saturated rings. The SMILES string of the molecule is Cc1cc2ncc3c(n2n1)C[C@@H]1CC[C@@H]3N1C(=O)c1ccccn1. The van der Waals surface area contributed by atoms with E-state index in [1.165, 1.54) is 5.69 Å². The molecule has 0 unspecified atom stereocenters. The van der Waals surface area contributed by atoms with E-state index in [0.29, 0.717) is 5.69 Å². The fourth-order valence-corrected chi connectivity index (χ4v) is 4.13. The number of carbonyl (C=O) groups excluding carboxylic acids is 1. The molecule has 5 rings (SSSR count). The van der Waals surface area contributed by atoms with Crippen molar-refractivity contribution < 1.29 is 4.79 Å². The van der Waals surface area contributed by atoms with Gasteiger partial charge in [-0.25, -0.2) is 9.50 Å². The van der Waals surface area contributed by atoms with Crippen molar-refractivity contribution in [3.63, 3.8) is 0 Å². The van der Waals surface area contributed by atoms with E-state index in [0.717, 1.165) is 36.2 Å². The summed E-state index contributed by atoms with van der Waals surface area (Å²) < 4.78 is 1.96. The molecule has 0 N–H and O–H groups in total. The maximum Gasteiger partial charge on any atom is 0.273 e. The number of fused-ring (bicyclic) bond motifs is 6. The van der Waals surface area contributed by atoms with Crippen LogP contribution in [0.25, 0.3) is 5.65 Å². The summed E-state index contributed by atoms with van der Waals surface area (Å²) in [5, 5.41) is 4.59. The first-order valence-corrected chi connectivity index (χ1v) is 8.30. The van der Waals surface area contributed by atoms with Gasteiger partial charge in [-0.3, -0.25) is 9.78 Å². The summed E-state index contributed by atoms with van der Waals surface area (Å²) in [5.74, 6) is 0.0190. The Morgan fingerprint density at radius 3 is 3.00 bits per heavy atom. The van der Waals surface area contributed by atoms with Crippen LogP contribution in [0.3, 0.4) is 0 Å². The number of hydrogen-bond donors (Lipinski definition) is 0. The molecule has 6 nitrogen and oxygen atoms in total. The van der Waals surface area contributed by atoms with Crippen molar-refractivity contribution in [3.05, 3.63) is 59.3 Å². The minimum absolute atomic E-state index is 0.0190. The fourth-order valence-electron chi connectivity index (χ4n) is 4.13. The van der Waals surface area contributed by atoms with E-state index in [9.17, 15) is 4.79 Å². The molecule has 3 aromatic heterocycles. The first-order valence-electron chi connectivity index (χ1n) is 8.30. The van der Waals surface area contributed by atoms with E-state index in [1.807, 2.05) is 40.7 Å². The number of pyridine rings is 1. The molecule has 0 aromatic carbocycles. The van der Waals surface area contributed by atoms with E-state index in [-0.39, 0.29) is 18.0 Å². The molecule has 0 radical (unpaired) electrons. The molecule has 5 heterocycles. The molecule has 0 aliphatic carbocycles. The first kappa shape index (κ1) is 13.7. The Labute approximate surface area is 139 Å². The number of amides is 1. The number of hydrogen-bond acceptors (Lipinski definition) is 4. The van der Waals surface area contributed by atoms with Crippen LogP contribution >= 0.6 is 0 Å². The maximum atomic E-state index is 13.0. The van der Waals surface area contributed by atoms with Crippen molar-refractivity contribution >= 4 is 11.6 Å². The third kappa shape index (κ3) is 1.82. The van der Waals surface area contributed by atoms with Crippen LogP contribution in [0.2, 0.25) is 0 Å². The summed E-state index contributed by atoms with van der Waals surface area (Å²) in [6.07, 6.45) is 6.41. The van der Waals surface area contributed by atoms with Gasteiger partial charge in [0.05, 0.1) is 17.4 Å². The van der Waals surface area contributed by atoms with E-state index < -0.39 is 0 Å². The van der Waals surface area contributed by atoms with Crippen LogP contribution in [0.1, 0.15) is 46.3 Å². The fraction of sp³-hybridized carbons (Fsp3) is 0.333. The lowest BCUT2D eigenvalue weighted by Crippen LogP contribution is -2.43. The third-order valence-electron chi connectivity index (χ3n) is 5.15. The van der Waals surface area contributed by atoms with Crippen molar-refractivity contribution in [2.24, 2.45) is 0 Å². The van der Waals surface area contributed by atoms with Gasteiger partial charge in [-0.1, -0.05) is 6.07 Å². The van der Waals surface area contributed by atoms with E-state index in [2.05, 4.69) is 15.1 Å². The summed E-state index contributed by atoms with van der Waals surface area (Å²) >= 11 is 0. The third-order valence-corrected chi connectivity index (χ3v) is 5.15. The molecule has 6 heteroatoms. The lowest BCUT2D eigenvalue weighted by atomic mass is 9.98. The van der Waals surface area contributed by atoms with Crippen LogP contribution in [0.4, 0.5) is 0 Å². The molecule has 1 amide bonds. The van der Waals surface area contributed by atoms with Crippen molar-refractivity contribution in [1.82, 2.24) is 24.5 Å². The monoisotopic (exact) mass is 319 g/mol. The standard InChI is InChI=1S/C18H17N5O/c1-11-8-17-20-10-13-15-6-5-12(9-16(13)23(17)21-11)22(15)18(24)14-4-2-3-7-19-14/h2-4,7-8,10,12,15H,5-6,9H2,1H3/t12-,15-/m0/s1. The molecule has 2 aliphatic rings. The van der Waals surface area contributed by atoms with Crippen LogP contribution in [0, 0.1) is 6.92 Å². The Morgan fingerprint density at radius 1 is 1.25 bits per heavy atom. The van der Waals surface area contributed by atoms with Crippen LogP contribution in [-0.2, 0) is 6.42 Å². The van der Waals surface area contributed by atoms with Gasteiger partial charge in [-0.2, -0.15) is 5.10 Å². The highest BCUT2D eigenvalue weighted by Crippen LogP contribution is 2.44. The Bertz CT molecular complexity index is 949. The zero-order valence-corrected chi connectivity index (χ0v) is 13.4. The van der Waals surface area contributed by atoms with Crippen molar-refractivity contribution in [1.29, 1.82) is 0 Å². The van der Waals surface area contributed by atoms with E-state index in [4.69, 9.17) is 0 Å². The largest absolute Gasteiger partial charge is 0.327 e. The van der Waals surface area contributed by atoms with Crippen LogP contribution < -0.4 is 0 Å². The van der Waals surface area contributed by atoms with Gasteiger partial charge in [-0.05, 0) is 31.9 Å². The van der Waals surface area contributed by atoms with Gasteiger partial charge in [-0.15, -0.1) is 0 Å². The zero-order valence-electron chi connectivity index (χ0n) is 13.4. The molecule has 24 heavy (non-hydrogen) atoms. The average molecular weight is 319 g/mol. The van der Waals surface area contributed by atoms with Crippen LogP contribution in [-0.4, -0.2) is 36.4 Å². The second-order valence-electron chi connectivity index (χ2n) is 6.59. The highest BCUT2D eigenvalue weighted by Gasteiger charge is 2.44. The highest BCUT2D eigenvalue weighted by atomic mass is 16.2. The maximum absolute atomic E-state index is 13.0. The van der Waals surface area contributed by atoms with Gasteiger partial charge in [0.1, 0.15) is 5.69 Å². The Morgan fingerprint density at radius 2 is 2.17 bits per heavy atom. The number of carbonyl (C=O) groups is 1. The lowest BCUT2D eigenvalue weighted by Gasteiger charge is -2.35. The molecular formula is C18H17N5O. The lowest BCUT2D eigenvalue weighted by molar-refractivity contribution is 0.0636. The smallest absolute Gasteiger partial charge is 0.273 e. The van der Waals surface area contributed by atoms with Crippen molar-refractivity contribution in [2.45, 2.75) is 38.3 Å². The van der Waals surface area contributed by atoms with Gasteiger partial charge in [0.15, 0.2) is 5.65 Å². The van der Waals surface area contributed by atoms with Crippen molar-refractivity contribution in [3.8, 4) is 0 Å². The van der Waals surface area contributed by atoms with Gasteiger partial charge >= 0.3 is 0 Å². The van der Waals surface area contributed by atoms with Gasteiger partial charge in [0.2, 0.25) is 0 Å². The number of rotatable bonds is 1. The molecule has 0 saturated carbocycles. The normalized spacial score (nSPS) is 22.0. The minimum Gasteiger partial charge on any atom is -0.327 e. The summed E-state index contributed by atoms with van der Waals surface area (Å²) in [6.45, 7) is 1.98. The average Bonchev–Trinajstić information content (AvgIpc) is 3.14. The molecule has 1 saturated heterocycles. The van der Waals surface area contributed by atoms with E-state index >= 15 is 0 Å². The highest BCUT2D eigenvalue weighted by molar-refractivity contribution is 5.93. The molecule has 3 aromatic rings. The summed E-state index contributed by atoms with van der Waals surface area (Å²) in [4.78, 5) is 23.7. The number of nitrogens with zero attached hydrogens (tertiary/aromatic N) is 5. The first-order chi connectivity index (χ1) is 11.7. The topological polar surface area (TPSA) is 63.4 Å². The number of aryl methyl sites for hydroxylation is 1. The van der Waals surface area contributed by atoms with Gasteiger partial charge in [0.25, 0.3) is 5.91 Å². The van der Waals surface area contributed by atoms with E-state index in [1.54, 1.807) is 12.3 Å². The minimum atomic E-state index is 0.0190. The summed E-state index contributed by atoms with van der Waals surface area (Å²) in [6, 6.07) is 7.76. The van der Waals surface area contributed by atoms with Crippen LogP contribution in [0.15, 0.2) is 36.7 Å². The number of aromatic nitrogens is 4. The molecule has 0 spiro atoms. The Hall–Kier alpha value is -2.76. The second kappa shape index (κ2) is 4.87. The summed E-state index contributed by atoms with van der Waals surface area (Å²) in [7, 11) is 0. The zero-order chi connectivity index (χ0) is 16.3. The molecule has 2 bridgehead atoms. The molecule has 2 aliphatic heterocycles.